The molecule has 0 atom stereocenters. The third kappa shape index (κ3) is 4.20. The molecule has 0 fully saturated rings. The molecule has 4 aromatic heterocycles. The summed E-state index contributed by atoms with van der Waals surface area (Å²) in [7, 11) is 0. The molecule has 52 heavy (non-hydrogen) atoms. The van der Waals surface area contributed by atoms with Crippen molar-refractivity contribution in [2.24, 2.45) is 0 Å². The van der Waals surface area contributed by atoms with E-state index < -0.39 is 0 Å². The van der Waals surface area contributed by atoms with Gasteiger partial charge in [-0.2, -0.15) is 4.98 Å². The summed E-state index contributed by atoms with van der Waals surface area (Å²) in [6.45, 7) is 0. The van der Waals surface area contributed by atoms with Crippen molar-refractivity contribution >= 4 is 65.4 Å². The van der Waals surface area contributed by atoms with E-state index in [9.17, 15) is 0 Å². The molecule has 0 saturated carbocycles. The van der Waals surface area contributed by atoms with Gasteiger partial charge >= 0.3 is 0 Å². The minimum absolute atomic E-state index is 0.595. The summed E-state index contributed by atoms with van der Waals surface area (Å²) in [4.78, 5) is 15.2. The Kier molecular flexibility index (Phi) is 6.18. The van der Waals surface area contributed by atoms with Crippen LogP contribution in [0.3, 0.4) is 0 Å². The third-order valence-corrected chi connectivity index (χ3v) is 10.4. The van der Waals surface area contributed by atoms with Gasteiger partial charge < -0.3 is 4.57 Å². The lowest BCUT2D eigenvalue weighted by Crippen LogP contribution is -2.04. The van der Waals surface area contributed by atoms with Gasteiger partial charge in [-0.15, -0.1) is 0 Å². The van der Waals surface area contributed by atoms with Crippen LogP contribution in [-0.4, -0.2) is 24.1 Å². The van der Waals surface area contributed by atoms with Crippen LogP contribution in [0.15, 0.2) is 176 Å². The molecule has 5 heteroatoms. The zero-order valence-corrected chi connectivity index (χ0v) is 28.0. The molecular weight excluding hydrogens is 635 g/mol. The van der Waals surface area contributed by atoms with Crippen LogP contribution in [-0.2, 0) is 0 Å². The zero-order valence-electron chi connectivity index (χ0n) is 28.0. The number of pyridine rings is 1. The second kappa shape index (κ2) is 11.2. The maximum atomic E-state index is 5.32. The Bertz CT molecular complexity index is 3180. The number of benzene rings is 7. The van der Waals surface area contributed by atoms with Gasteiger partial charge in [0.05, 0.1) is 27.8 Å². The highest BCUT2D eigenvalue weighted by Crippen LogP contribution is 2.43. The van der Waals surface area contributed by atoms with Crippen molar-refractivity contribution in [3.63, 3.8) is 0 Å². The van der Waals surface area contributed by atoms with Gasteiger partial charge in [-0.25, -0.2) is 9.97 Å². The van der Waals surface area contributed by atoms with Crippen molar-refractivity contribution in [2.75, 3.05) is 0 Å². The predicted octanol–water partition coefficient (Wildman–Crippen LogP) is 11.7. The Balaban J connectivity index is 1.24. The molecular formula is C47H29N5. The lowest BCUT2D eigenvalue weighted by Gasteiger charge is -2.14. The van der Waals surface area contributed by atoms with Crippen LogP contribution in [0.1, 0.15) is 0 Å². The van der Waals surface area contributed by atoms with Crippen LogP contribution < -0.4 is 0 Å². The molecule has 0 amide bonds. The first-order valence-corrected chi connectivity index (χ1v) is 17.5. The van der Waals surface area contributed by atoms with Crippen LogP contribution in [0, 0.1) is 0 Å². The van der Waals surface area contributed by atoms with Gasteiger partial charge in [0.2, 0.25) is 5.95 Å². The molecule has 11 rings (SSSR count). The number of para-hydroxylation sites is 3. The average Bonchev–Trinajstić information content (AvgIpc) is 3.73. The summed E-state index contributed by atoms with van der Waals surface area (Å²) >= 11 is 0. The van der Waals surface area contributed by atoms with E-state index in [1.54, 1.807) is 6.20 Å². The van der Waals surface area contributed by atoms with Crippen molar-refractivity contribution in [1.82, 2.24) is 24.1 Å². The van der Waals surface area contributed by atoms with Crippen molar-refractivity contribution in [1.29, 1.82) is 0 Å². The second-order valence-corrected chi connectivity index (χ2v) is 13.2. The first-order valence-electron chi connectivity index (χ1n) is 17.5. The number of hydrogen-bond acceptors (Lipinski definition) is 3. The molecule has 11 aromatic rings. The van der Waals surface area contributed by atoms with E-state index in [0.717, 1.165) is 49.9 Å². The number of aromatic nitrogens is 5. The summed E-state index contributed by atoms with van der Waals surface area (Å²) in [6.07, 6.45) is 1.80. The minimum Gasteiger partial charge on any atom is -0.309 e. The average molecular weight is 664 g/mol. The molecule has 0 saturated heterocycles. The van der Waals surface area contributed by atoms with Gasteiger partial charge in [0.15, 0.2) is 5.65 Å². The largest absolute Gasteiger partial charge is 0.309 e. The van der Waals surface area contributed by atoms with E-state index in [1.807, 2.05) is 24.3 Å². The maximum Gasteiger partial charge on any atom is 0.237 e. The molecule has 0 unspecified atom stereocenters. The van der Waals surface area contributed by atoms with E-state index in [0.29, 0.717) is 11.6 Å². The molecule has 5 nitrogen and oxygen atoms in total. The van der Waals surface area contributed by atoms with Crippen LogP contribution in [0.25, 0.3) is 99.4 Å². The summed E-state index contributed by atoms with van der Waals surface area (Å²) < 4.78 is 4.60. The van der Waals surface area contributed by atoms with Gasteiger partial charge in [0.1, 0.15) is 0 Å². The Morgan fingerprint density at radius 2 is 1.02 bits per heavy atom. The topological polar surface area (TPSA) is 48.5 Å². The second-order valence-electron chi connectivity index (χ2n) is 13.2. The number of rotatable bonds is 4. The van der Waals surface area contributed by atoms with Crippen molar-refractivity contribution in [2.45, 2.75) is 0 Å². The molecule has 0 N–H and O–H groups in total. The molecule has 242 valence electrons. The van der Waals surface area contributed by atoms with Crippen molar-refractivity contribution in [3.05, 3.63) is 176 Å². The highest BCUT2D eigenvalue weighted by Gasteiger charge is 2.21. The lowest BCUT2D eigenvalue weighted by atomic mass is 9.94. The first-order chi connectivity index (χ1) is 25.8. The molecule has 0 aliphatic heterocycles. The fourth-order valence-corrected chi connectivity index (χ4v) is 8.14. The van der Waals surface area contributed by atoms with E-state index >= 15 is 0 Å². The first kappa shape index (κ1) is 28.7. The van der Waals surface area contributed by atoms with Crippen molar-refractivity contribution < 1.29 is 0 Å². The monoisotopic (exact) mass is 663 g/mol. The molecule has 0 radical (unpaired) electrons. The maximum absolute atomic E-state index is 5.32. The predicted molar refractivity (Wildman–Crippen MR) is 214 cm³/mol. The lowest BCUT2D eigenvalue weighted by molar-refractivity contribution is 1.00. The van der Waals surface area contributed by atoms with Gasteiger partial charge in [-0.1, -0.05) is 121 Å². The van der Waals surface area contributed by atoms with Gasteiger partial charge in [0.25, 0.3) is 0 Å². The van der Waals surface area contributed by atoms with Gasteiger partial charge in [-0.3, -0.25) is 4.57 Å². The van der Waals surface area contributed by atoms with Gasteiger partial charge in [-0.05, 0) is 70.4 Å². The third-order valence-electron chi connectivity index (χ3n) is 10.4. The fraction of sp³-hybridized carbons (Fsp3) is 0. The number of fused-ring (bicyclic) bond motifs is 9. The molecule has 0 aliphatic carbocycles. The Morgan fingerprint density at radius 3 is 1.83 bits per heavy atom. The SMILES string of the molecule is c1ccc(-c2nc(-n3c4ccccc4c4c5ccccc5c(-c5ccc6c7ccccc7n(-c7ccccc7)c6c5)cc43)nc3ncccc23)cc1. The Morgan fingerprint density at radius 1 is 0.385 bits per heavy atom. The van der Waals surface area contributed by atoms with E-state index in [4.69, 9.17) is 15.0 Å². The fourth-order valence-electron chi connectivity index (χ4n) is 8.14. The Hall–Kier alpha value is -7.11. The normalized spacial score (nSPS) is 11.8. The van der Waals surface area contributed by atoms with Gasteiger partial charge in [0, 0.05) is 44.4 Å². The molecule has 7 aromatic carbocycles. The highest BCUT2D eigenvalue weighted by molar-refractivity contribution is 6.24. The quantitative estimate of drug-likeness (QED) is 0.188. The van der Waals surface area contributed by atoms with Crippen LogP contribution in [0.5, 0.6) is 0 Å². The summed E-state index contributed by atoms with van der Waals surface area (Å²) in [5, 5.41) is 8.12. The number of nitrogens with zero attached hydrogens (tertiary/aromatic N) is 5. The molecule has 0 aliphatic rings. The molecule has 4 heterocycles. The van der Waals surface area contributed by atoms with Crippen LogP contribution >= 0.6 is 0 Å². The number of hydrogen-bond donors (Lipinski definition) is 0. The molecule has 0 spiro atoms. The standard InChI is InChI=1S/C47H29N5/c1-3-14-30(15-4-1)45-38-22-13-27-48-46(38)50-47(49-45)52-41-24-12-10-21-37(41)44-36-20-8-7-18-33(36)39(29-43(44)52)31-25-26-35-34-19-9-11-23-40(34)51(42(35)28-31)32-16-5-2-6-17-32/h1-29H. The van der Waals surface area contributed by atoms with Crippen molar-refractivity contribution in [3.8, 4) is 34.0 Å². The van der Waals surface area contributed by atoms with Crippen LogP contribution in [0.2, 0.25) is 0 Å². The summed E-state index contributed by atoms with van der Waals surface area (Å²) in [6, 6.07) is 60.2. The smallest absolute Gasteiger partial charge is 0.237 e. The molecule has 0 bridgehead atoms. The van der Waals surface area contributed by atoms with Crippen LogP contribution in [0.4, 0.5) is 0 Å². The summed E-state index contributed by atoms with van der Waals surface area (Å²) in [5.41, 5.74) is 10.5. The minimum atomic E-state index is 0.595. The highest BCUT2D eigenvalue weighted by atomic mass is 15.2. The summed E-state index contributed by atoms with van der Waals surface area (Å²) in [5.74, 6) is 0.595. The zero-order chi connectivity index (χ0) is 34.2. The van der Waals surface area contributed by atoms with E-state index in [-0.39, 0.29) is 0 Å². The van der Waals surface area contributed by atoms with E-state index in [2.05, 4.69) is 155 Å². The Labute approximate surface area is 298 Å². The van der Waals surface area contributed by atoms with E-state index in [1.165, 1.54) is 38.0 Å².